The van der Waals surface area contributed by atoms with Gasteiger partial charge in [0.05, 0.1) is 5.92 Å². The van der Waals surface area contributed by atoms with Crippen molar-refractivity contribution in [1.82, 2.24) is 14.9 Å². The van der Waals surface area contributed by atoms with Gasteiger partial charge in [0.25, 0.3) is 0 Å². The van der Waals surface area contributed by atoms with Crippen molar-refractivity contribution in [3.63, 3.8) is 0 Å². The van der Waals surface area contributed by atoms with Crippen LogP contribution in [-0.4, -0.2) is 46.7 Å². The average molecular weight is 389 g/mol. The number of hydrogen-bond acceptors (Lipinski definition) is 6. The van der Waals surface area contributed by atoms with Gasteiger partial charge in [-0.25, -0.2) is 9.97 Å². The molecule has 7 heteroatoms. The Morgan fingerprint density at radius 3 is 3.08 bits per heavy atom. The Labute approximate surface area is 162 Å². The zero-order chi connectivity index (χ0) is 18.1. The zero-order valence-electron chi connectivity index (χ0n) is 15.3. The molecule has 1 fully saturated rings. The highest BCUT2D eigenvalue weighted by atomic mass is 32.2. The Hall–Kier alpha value is -1.60. The molecule has 4 rings (SSSR count). The second kappa shape index (κ2) is 7.56. The van der Waals surface area contributed by atoms with E-state index in [9.17, 15) is 4.79 Å². The van der Waals surface area contributed by atoms with Crippen LogP contribution in [0.25, 0.3) is 0 Å². The van der Waals surface area contributed by atoms with Crippen molar-refractivity contribution in [2.24, 2.45) is 5.92 Å². The van der Waals surface area contributed by atoms with Crippen LogP contribution in [0.4, 0.5) is 5.82 Å². The minimum Gasteiger partial charge on any atom is -0.356 e. The van der Waals surface area contributed by atoms with E-state index in [0.29, 0.717) is 5.91 Å². The number of aryl methyl sites for hydroxylation is 1. The Bertz CT molecular complexity index is 807. The van der Waals surface area contributed by atoms with E-state index in [1.54, 1.807) is 11.8 Å². The summed E-state index contributed by atoms with van der Waals surface area (Å²) in [6, 6.07) is 4.20. The van der Waals surface area contributed by atoms with E-state index in [-0.39, 0.29) is 5.92 Å². The van der Waals surface area contributed by atoms with E-state index in [0.717, 1.165) is 62.1 Å². The fourth-order valence-electron chi connectivity index (χ4n) is 3.86. The maximum Gasteiger partial charge on any atom is 0.227 e. The number of piperidine rings is 1. The summed E-state index contributed by atoms with van der Waals surface area (Å²) in [6.07, 6.45) is 5.00. The molecule has 4 heterocycles. The molecule has 0 aliphatic carbocycles. The van der Waals surface area contributed by atoms with Gasteiger partial charge in [0, 0.05) is 42.8 Å². The van der Waals surface area contributed by atoms with Crippen LogP contribution in [0.5, 0.6) is 0 Å². The van der Waals surface area contributed by atoms with Gasteiger partial charge in [-0.1, -0.05) is 11.8 Å². The van der Waals surface area contributed by atoms with Crippen LogP contribution >= 0.6 is 23.1 Å². The molecule has 0 aromatic carbocycles. The molecule has 1 saturated heterocycles. The van der Waals surface area contributed by atoms with E-state index in [1.807, 2.05) is 30.6 Å². The summed E-state index contributed by atoms with van der Waals surface area (Å²) in [7, 11) is 0. The second-order valence-electron chi connectivity index (χ2n) is 7.02. The van der Waals surface area contributed by atoms with Crippen molar-refractivity contribution >= 4 is 34.8 Å². The highest BCUT2D eigenvalue weighted by molar-refractivity contribution is 7.98. The smallest absolute Gasteiger partial charge is 0.227 e. The molecule has 1 unspecified atom stereocenters. The third-order valence-electron chi connectivity index (χ3n) is 5.22. The van der Waals surface area contributed by atoms with Gasteiger partial charge in [-0.2, -0.15) is 0 Å². The van der Waals surface area contributed by atoms with Gasteiger partial charge in [0.15, 0.2) is 5.16 Å². The molecule has 26 heavy (non-hydrogen) atoms. The molecule has 0 radical (unpaired) electrons. The van der Waals surface area contributed by atoms with Gasteiger partial charge in [0.2, 0.25) is 5.91 Å². The lowest BCUT2D eigenvalue weighted by Gasteiger charge is -2.36. The normalized spacial score (nSPS) is 20.2. The van der Waals surface area contributed by atoms with Gasteiger partial charge in [-0.3, -0.25) is 4.79 Å². The van der Waals surface area contributed by atoms with Gasteiger partial charge in [0.1, 0.15) is 5.82 Å². The number of rotatable bonds is 3. The highest BCUT2D eigenvalue weighted by Crippen LogP contribution is 2.28. The zero-order valence-corrected chi connectivity index (χ0v) is 16.9. The van der Waals surface area contributed by atoms with Crippen molar-refractivity contribution in [2.45, 2.75) is 37.9 Å². The summed E-state index contributed by atoms with van der Waals surface area (Å²) in [5.74, 6) is 1.33. The van der Waals surface area contributed by atoms with Crippen LogP contribution < -0.4 is 4.90 Å². The molecular weight excluding hydrogens is 364 g/mol. The first kappa shape index (κ1) is 17.8. The Morgan fingerprint density at radius 1 is 1.35 bits per heavy atom. The number of carbonyl (C=O) groups is 1. The van der Waals surface area contributed by atoms with E-state index in [1.165, 1.54) is 10.4 Å². The van der Waals surface area contributed by atoms with Gasteiger partial charge in [-0.05, 0) is 49.5 Å². The molecule has 2 aliphatic heterocycles. The SMILES string of the molecule is CSc1nc(C)cc(N2CCCC(C(=O)N3CCc4sccc4C3)C2)n1. The summed E-state index contributed by atoms with van der Waals surface area (Å²) in [5.41, 5.74) is 2.31. The van der Waals surface area contributed by atoms with Crippen LogP contribution in [0.1, 0.15) is 29.0 Å². The lowest BCUT2D eigenvalue weighted by molar-refractivity contribution is -0.136. The number of fused-ring (bicyclic) bond motifs is 1. The lowest BCUT2D eigenvalue weighted by atomic mass is 9.95. The van der Waals surface area contributed by atoms with Gasteiger partial charge < -0.3 is 9.80 Å². The summed E-state index contributed by atoms with van der Waals surface area (Å²) < 4.78 is 0. The average Bonchev–Trinajstić information content (AvgIpc) is 3.14. The van der Waals surface area contributed by atoms with E-state index >= 15 is 0 Å². The predicted octanol–water partition coefficient (Wildman–Crippen LogP) is 3.37. The Balaban J connectivity index is 1.47. The molecule has 5 nitrogen and oxygen atoms in total. The number of aromatic nitrogens is 2. The monoisotopic (exact) mass is 388 g/mol. The van der Waals surface area contributed by atoms with Gasteiger partial charge >= 0.3 is 0 Å². The third kappa shape index (κ3) is 3.60. The van der Waals surface area contributed by atoms with Crippen LogP contribution in [0.2, 0.25) is 0 Å². The maximum absolute atomic E-state index is 13.1. The molecule has 1 amide bonds. The van der Waals surface area contributed by atoms with Crippen molar-refractivity contribution in [3.05, 3.63) is 33.6 Å². The second-order valence-corrected chi connectivity index (χ2v) is 8.79. The van der Waals surface area contributed by atoms with Crippen molar-refractivity contribution < 1.29 is 4.79 Å². The summed E-state index contributed by atoms with van der Waals surface area (Å²) in [6.45, 7) is 5.35. The molecule has 2 aromatic heterocycles. The van der Waals surface area contributed by atoms with E-state index < -0.39 is 0 Å². The first-order chi connectivity index (χ1) is 12.6. The van der Waals surface area contributed by atoms with Crippen LogP contribution in [0, 0.1) is 12.8 Å². The quantitative estimate of drug-likeness (QED) is 0.596. The number of thiophene rings is 1. The summed E-state index contributed by atoms with van der Waals surface area (Å²) in [5, 5.41) is 2.94. The predicted molar refractivity (Wildman–Crippen MR) is 107 cm³/mol. The molecule has 0 N–H and O–H groups in total. The highest BCUT2D eigenvalue weighted by Gasteiger charge is 2.31. The Kier molecular flexibility index (Phi) is 5.18. The molecule has 138 valence electrons. The molecule has 1 atom stereocenters. The fourth-order valence-corrected chi connectivity index (χ4v) is 5.17. The lowest BCUT2D eigenvalue weighted by Crippen LogP contribution is -2.46. The topological polar surface area (TPSA) is 49.3 Å². The van der Waals surface area contributed by atoms with E-state index in [4.69, 9.17) is 0 Å². The summed E-state index contributed by atoms with van der Waals surface area (Å²) in [4.78, 5) is 28.0. The van der Waals surface area contributed by atoms with Crippen LogP contribution in [0.15, 0.2) is 22.7 Å². The number of amides is 1. The van der Waals surface area contributed by atoms with Crippen LogP contribution in [0.3, 0.4) is 0 Å². The fraction of sp³-hybridized carbons (Fsp3) is 0.526. The molecule has 2 aliphatic rings. The first-order valence-electron chi connectivity index (χ1n) is 9.12. The van der Waals surface area contributed by atoms with Crippen molar-refractivity contribution in [3.8, 4) is 0 Å². The van der Waals surface area contributed by atoms with Crippen molar-refractivity contribution in [2.75, 3.05) is 30.8 Å². The largest absolute Gasteiger partial charge is 0.356 e. The molecule has 0 bridgehead atoms. The van der Waals surface area contributed by atoms with Crippen molar-refractivity contribution in [1.29, 1.82) is 0 Å². The third-order valence-corrected chi connectivity index (χ3v) is 6.79. The van der Waals surface area contributed by atoms with E-state index in [2.05, 4.69) is 31.2 Å². The standard InChI is InChI=1S/C19H24N4OS2/c1-13-10-17(21-19(20-13)25-2)22-7-3-4-15(12-22)18(24)23-8-5-16-14(11-23)6-9-26-16/h6,9-10,15H,3-5,7-8,11-12H2,1-2H3. The maximum atomic E-state index is 13.1. The Morgan fingerprint density at radius 2 is 2.23 bits per heavy atom. The molecule has 0 saturated carbocycles. The number of carbonyl (C=O) groups excluding carboxylic acids is 1. The molecule has 2 aromatic rings. The number of hydrogen-bond donors (Lipinski definition) is 0. The number of anilines is 1. The molecular formula is C19H24N4OS2. The first-order valence-corrected chi connectivity index (χ1v) is 11.2. The van der Waals surface area contributed by atoms with Gasteiger partial charge in [-0.15, -0.1) is 11.3 Å². The number of thioether (sulfide) groups is 1. The summed E-state index contributed by atoms with van der Waals surface area (Å²) >= 11 is 3.38. The minimum atomic E-state index is 0.0666. The number of nitrogens with zero attached hydrogens (tertiary/aromatic N) is 4. The van der Waals surface area contributed by atoms with Crippen LogP contribution in [-0.2, 0) is 17.8 Å². The molecule has 0 spiro atoms. The minimum absolute atomic E-state index is 0.0666.